The molecule has 110 valence electrons. The van der Waals surface area contributed by atoms with Crippen LogP contribution in [0.1, 0.15) is 37.1 Å². The van der Waals surface area contributed by atoms with E-state index in [1.807, 2.05) is 18.3 Å². The smallest absolute Gasteiger partial charge is 0.0657 e. The molecule has 1 unspecified atom stereocenters. The number of hydrogen-bond donors (Lipinski definition) is 1. The third kappa shape index (κ3) is 3.82. The van der Waals surface area contributed by atoms with Crippen molar-refractivity contribution in [2.24, 2.45) is 0 Å². The summed E-state index contributed by atoms with van der Waals surface area (Å²) in [5, 5.41) is 3.54. The van der Waals surface area contributed by atoms with Gasteiger partial charge in [0.1, 0.15) is 0 Å². The number of likely N-dealkylation sites (tertiary alicyclic amines) is 1. The summed E-state index contributed by atoms with van der Waals surface area (Å²) in [6.45, 7) is 5.69. The highest BCUT2D eigenvalue weighted by Gasteiger charge is 2.12. The molecule has 1 aliphatic rings. The Kier molecular flexibility index (Phi) is 4.51. The molecule has 0 bridgehead atoms. The molecule has 0 radical (unpaired) electrons. The number of rotatable bonds is 5. The van der Waals surface area contributed by atoms with Crippen molar-refractivity contribution in [3.05, 3.63) is 59.9 Å². The van der Waals surface area contributed by atoms with Crippen LogP contribution in [0.2, 0.25) is 0 Å². The zero-order valence-electron chi connectivity index (χ0n) is 12.6. The largest absolute Gasteiger partial charge is 0.377 e. The van der Waals surface area contributed by atoms with Crippen molar-refractivity contribution in [1.82, 2.24) is 9.88 Å². The van der Waals surface area contributed by atoms with Crippen molar-refractivity contribution in [3.63, 3.8) is 0 Å². The van der Waals surface area contributed by atoms with Gasteiger partial charge in [0.15, 0.2) is 0 Å². The van der Waals surface area contributed by atoms with Crippen molar-refractivity contribution in [3.8, 4) is 0 Å². The highest BCUT2D eigenvalue weighted by Crippen LogP contribution is 2.20. The first-order valence-electron chi connectivity index (χ1n) is 7.80. The molecule has 2 heterocycles. The summed E-state index contributed by atoms with van der Waals surface area (Å²) in [5.74, 6) is 0. The van der Waals surface area contributed by atoms with Crippen LogP contribution in [0.5, 0.6) is 0 Å². The van der Waals surface area contributed by atoms with Crippen LogP contribution in [0, 0.1) is 0 Å². The monoisotopic (exact) mass is 281 g/mol. The molecule has 3 heteroatoms. The maximum Gasteiger partial charge on any atom is 0.0657 e. The Morgan fingerprint density at radius 2 is 2.00 bits per heavy atom. The van der Waals surface area contributed by atoms with Gasteiger partial charge in [-0.3, -0.25) is 9.88 Å². The van der Waals surface area contributed by atoms with Gasteiger partial charge >= 0.3 is 0 Å². The second-order valence-corrected chi connectivity index (χ2v) is 5.80. The van der Waals surface area contributed by atoms with Crippen molar-refractivity contribution in [2.45, 2.75) is 32.4 Å². The minimum Gasteiger partial charge on any atom is -0.377 e. The summed E-state index contributed by atoms with van der Waals surface area (Å²) in [6, 6.07) is 15.0. The molecular formula is C18H23N3. The number of pyridine rings is 1. The molecule has 0 aliphatic carbocycles. The van der Waals surface area contributed by atoms with Crippen molar-refractivity contribution >= 4 is 5.69 Å². The van der Waals surface area contributed by atoms with Crippen LogP contribution < -0.4 is 5.32 Å². The molecule has 1 saturated heterocycles. The first-order valence-corrected chi connectivity index (χ1v) is 7.80. The second-order valence-electron chi connectivity index (χ2n) is 5.80. The lowest BCUT2D eigenvalue weighted by Gasteiger charge is -2.18. The molecule has 3 nitrogen and oxygen atoms in total. The van der Waals surface area contributed by atoms with Crippen LogP contribution in [0.3, 0.4) is 0 Å². The SMILES string of the molecule is CC(Nc1cccc(CN2CCCC2)c1)c1ccccn1. The second kappa shape index (κ2) is 6.72. The lowest BCUT2D eigenvalue weighted by molar-refractivity contribution is 0.331. The summed E-state index contributed by atoms with van der Waals surface area (Å²) < 4.78 is 0. The fourth-order valence-electron chi connectivity index (χ4n) is 2.91. The zero-order valence-corrected chi connectivity index (χ0v) is 12.6. The molecule has 0 spiro atoms. The van der Waals surface area contributed by atoms with Crippen LogP contribution in [0.15, 0.2) is 48.7 Å². The average molecular weight is 281 g/mol. The van der Waals surface area contributed by atoms with E-state index in [2.05, 4.69) is 52.5 Å². The minimum absolute atomic E-state index is 0.216. The van der Waals surface area contributed by atoms with Gasteiger partial charge in [0.2, 0.25) is 0 Å². The van der Waals surface area contributed by atoms with Gasteiger partial charge in [-0.25, -0.2) is 0 Å². The fraction of sp³-hybridized carbons (Fsp3) is 0.389. The fourth-order valence-corrected chi connectivity index (χ4v) is 2.91. The van der Waals surface area contributed by atoms with E-state index < -0.39 is 0 Å². The van der Waals surface area contributed by atoms with E-state index in [1.54, 1.807) is 0 Å². The van der Waals surface area contributed by atoms with Gasteiger partial charge in [-0.05, 0) is 62.7 Å². The minimum atomic E-state index is 0.216. The van der Waals surface area contributed by atoms with Crippen molar-refractivity contribution in [1.29, 1.82) is 0 Å². The van der Waals surface area contributed by atoms with Gasteiger partial charge in [-0.1, -0.05) is 18.2 Å². The van der Waals surface area contributed by atoms with Gasteiger partial charge in [-0.2, -0.15) is 0 Å². The number of benzene rings is 1. The van der Waals surface area contributed by atoms with E-state index in [1.165, 1.54) is 37.2 Å². The molecule has 1 aromatic heterocycles. The number of aromatic nitrogens is 1. The van der Waals surface area contributed by atoms with E-state index in [-0.39, 0.29) is 6.04 Å². The number of anilines is 1. The lowest BCUT2D eigenvalue weighted by Crippen LogP contribution is -2.18. The summed E-state index contributed by atoms with van der Waals surface area (Å²) in [5.41, 5.74) is 3.63. The quantitative estimate of drug-likeness (QED) is 0.902. The van der Waals surface area contributed by atoms with Crippen LogP contribution >= 0.6 is 0 Å². The van der Waals surface area contributed by atoms with E-state index in [0.29, 0.717) is 0 Å². The Balaban J connectivity index is 1.65. The third-order valence-electron chi connectivity index (χ3n) is 4.05. The molecule has 1 aliphatic heterocycles. The third-order valence-corrected chi connectivity index (χ3v) is 4.05. The van der Waals surface area contributed by atoms with E-state index in [9.17, 15) is 0 Å². The molecular weight excluding hydrogens is 258 g/mol. The molecule has 1 fully saturated rings. The Bertz CT molecular complexity index is 562. The molecule has 0 saturated carbocycles. The van der Waals surface area contributed by atoms with Crippen LogP contribution in [-0.2, 0) is 6.54 Å². The normalized spacial score (nSPS) is 16.8. The van der Waals surface area contributed by atoms with Crippen molar-refractivity contribution < 1.29 is 0 Å². The van der Waals surface area contributed by atoms with E-state index in [0.717, 1.165) is 12.2 Å². The highest BCUT2D eigenvalue weighted by atomic mass is 15.1. The highest BCUT2D eigenvalue weighted by molar-refractivity contribution is 5.47. The first-order chi connectivity index (χ1) is 10.3. The van der Waals surface area contributed by atoms with Gasteiger partial charge in [0.05, 0.1) is 11.7 Å². The van der Waals surface area contributed by atoms with Gasteiger partial charge in [-0.15, -0.1) is 0 Å². The Labute approximate surface area is 127 Å². The zero-order chi connectivity index (χ0) is 14.5. The average Bonchev–Trinajstić information content (AvgIpc) is 3.01. The summed E-state index contributed by atoms with van der Waals surface area (Å²) in [7, 11) is 0. The van der Waals surface area contributed by atoms with Crippen LogP contribution in [0.25, 0.3) is 0 Å². The molecule has 21 heavy (non-hydrogen) atoms. The van der Waals surface area contributed by atoms with Gasteiger partial charge < -0.3 is 5.32 Å². The number of nitrogens with one attached hydrogen (secondary N) is 1. The first kappa shape index (κ1) is 14.1. The maximum atomic E-state index is 4.41. The predicted molar refractivity (Wildman–Crippen MR) is 87.2 cm³/mol. The maximum absolute atomic E-state index is 4.41. The Morgan fingerprint density at radius 3 is 2.76 bits per heavy atom. The Hall–Kier alpha value is -1.87. The van der Waals surface area contributed by atoms with Crippen molar-refractivity contribution in [2.75, 3.05) is 18.4 Å². The molecule has 1 aromatic carbocycles. The number of hydrogen-bond acceptors (Lipinski definition) is 3. The molecule has 1 atom stereocenters. The van der Waals surface area contributed by atoms with Crippen LogP contribution in [-0.4, -0.2) is 23.0 Å². The summed E-state index contributed by atoms with van der Waals surface area (Å²) in [4.78, 5) is 6.94. The molecule has 0 amide bonds. The van der Waals surface area contributed by atoms with Gasteiger partial charge in [0.25, 0.3) is 0 Å². The van der Waals surface area contributed by atoms with E-state index in [4.69, 9.17) is 0 Å². The Morgan fingerprint density at radius 1 is 1.14 bits per heavy atom. The molecule has 2 aromatic rings. The topological polar surface area (TPSA) is 28.2 Å². The standard InChI is InChI=1S/C18H23N3/c1-15(18-9-2-3-10-19-18)20-17-8-6-7-16(13-17)14-21-11-4-5-12-21/h2-3,6-10,13,15,20H,4-5,11-12,14H2,1H3. The van der Waals surface area contributed by atoms with E-state index >= 15 is 0 Å². The summed E-state index contributed by atoms with van der Waals surface area (Å²) >= 11 is 0. The lowest BCUT2D eigenvalue weighted by atomic mass is 10.1. The number of nitrogens with zero attached hydrogens (tertiary/aromatic N) is 2. The molecule has 3 rings (SSSR count). The van der Waals surface area contributed by atoms with Gasteiger partial charge in [0, 0.05) is 18.4 Å². The molecule has 1 N–H and O–H groups in total. The predicted octanol–water partition coefficient (Wildman–Crippen LogP) is 3.85. The summed E-state index contributed by atoms with van der Waals surface area (Å²) in [6.07, 6.45) is 4.53. The van der Waals surface area contributed by atoms with Crippen LogP contribution in [0.4, 0.5) is 5.69 Å².